The van der Waals surface area contributed by atoms with Gasteiger partial charge in [0.1, 0.15) is 5.82 Å². The van der Waals surface area contributed by atoms with E-state index in [9.17, 15) is 4.79 Å². The molecule has 0 aliphatic heterocycles. The molecule has 1 aliphatic rings. The van der Waals surface area contributed by atoms with Crippen molar-refractivity contribution in [3.63, 3.8) is 0 Å². The number of rotatable bonds is 2. The highest BCUT2D eigenvalue weighted by molar-refractivity contribution is 6.30. The molecular weight excluding hydrogens is 262 g/mol. The van der Waals surface area contributed by atoms with Gasteiger partial charge in [-0.2, -0.15) is 9.78 Å². The van der Waals surface area contributed by atoms with E-state index in [2.05, 4.69) is 5.10 Å². The fourth-order valence-electron chi connectivity index (χ4n) is 2.40. The van der Waals surface area contributed by atoms with Gasteiger partial charge in [-0.15, -0.1) is 0 Å². The first-order valence-corrected chi connectivity index (χ1v) is 6.54. The Balaban J connectivity index is 1.99. The summed E-state index contributed by atoms with van der Waals surface area (Å²) in [4.78, 5) is 12.6. The second kappa shape index (κ2) is 4.10. The second-order valence-corrected chi connectivity index (χ2v) is 5.45. The van der Waals surface area contributed by atoms with Gasteiger partial charge >= 0.3 is 0 Å². The first-order valence-electron chi connectivity index (χ1n) is 6.16. The van der Waals surface area contributed by atoms with Crippen LogP contribution in [0.3, 0.4) is 0 Å². The molecule has 0 bridgehead atoms. The Bertz CT molecular complexity index is 641. The van der Waals surface area contributed by atoms with Gasteiger partial charge in [-0.1, -0.05) is 23.7 Å². The zero-order valence-electron chi connectivity index (χ0n) is 10.6. The normalized spacial score (nSPS) is 16.3. The highest BCUT2D eigenvalue weighted by Gasteiger charge is 2.52. The molecule has 1 aromatic carbocycles. The third-order valence-electron chi connectivity index (χ3n) is 3.61. The number of carbonyl (C=O) groups excluding carboxylic acids is 1. The number of carbonyl (C=O) groups is 1. The summed E-state index contributed by atoms with van der Waals surface area (Å²) >= 11 is 5.88. The van der Waals surface area contributed by atoms with Crippen LogP contribution >= 0.6 is 11.6 Å². The van der Waals surface area contributed by atoms with E-state index in [0.29, 0.717) is 10.8 Å². The van der Waals surface area contributed by atoms with Crippen LogP contribution in [0.4, 0.5) is 5.82 Å². The van der Waals surface area contributed by atoms with E-state index in [0.717, 1.165) is 24.1 Å². The van der Waals surface area contributed by atoms with Crippen molar-refractivity contribution in [3.05, 3.63) is 46.6 Å². The Hall–Kier alpha value is -1.81. The zero-order valence-corrected chi connectivity index (χ0v) is 11.3. The lowest BCUT2D eigenvalue weighted by Gasteiger charge is -2.15. The topological polar surface area (TPSA) is 60.9 Å². The van der Waals surface area contributed by atoms with Crippen LogP contribution in [0.15, 0.2) is 30.3 Å². The molecule has 0 unspecified atom stereocenters. The van der Waals surface area contributed by atoms with Gasteiger partial charge in [0.25, 0.3) is 5.91 Å². The molecule has 98 valence electrons. The molecule has 1 aliphatic carbocycles. The number of nitrogens with two attached hydrogens (primary N) is 1. The van der Waals surface area contributed by atoms with E-state index in [1.807, 2.05) is 31.2 Å². The van der Waals surface area contributed by atoms with Crippen LogP contribution in [0.2, 0.25) is 5.02 Å². The van der Waals surface area contributed by atoms with E-state index in [1.165, 1.54) is 4.68 Å². The summed E-state index contributed by atoms with van der Waals surface area (Å²) in [6, 6.07) is 9.12. The number of hydrogen-bond donors (Lipinski definition) is 1. The minimum Gasteiger partial charge on any atom is -0.383 e. The Morgan fingerprint density at radius 1 is 1.37 bits per heavy atom. The fraction of sp³-hybridized carbons (Fsp3) is 0.286. The molecule has 0 radical (unpaired) electrons. The predicted molar refractivity (Wildman–Crippen MR) is 74.4 cm³/mol. The van der Waals surface area contributed by atoms with Crippen molar-refractivity contribution >= 4 is 23.3 Å². The summed E-state index contributed by atoms with van der Waals surface area (Å²) in [6.45, 7) is 1.82. The summed E-state index contributed by atoms with van der Waals surface area (Å²) in [7, 11) is 0. The van der Waals surface area contributed by atoms with Crippen LogP contribution in [0.25, 0.3) is 0 Å². The van der Waals surface area contributed by atoms with Crippen LogP contribution < -0.4 is 5.73 Å². The summed E-state index contributed by atoms with van der Waals surface area (Å²) in [5, 5.41) is 4.84. The molecule has 2 aromatic rings. The van der Waals surface area contributed by atoms with Gasteiger partial charge in [-0.3, -0.25) is 4.79 Å². The molecule has 5 heteroatoms. The largest absolute Gasteiger partial charge is 0.383 e. The van der Waals surface area contributed by atoms with Crippen LogP contribution in [0, 0.1) is 6.92 Å². The first-order chi connectivity index (χ1) is 9.03. The van der Waals surface area contributed by atoms with Crippen molar-refractivity contribution in [2.24, 2.45) is 0 Å². The predicted octanol–water partition coefficient (Wildman–Crippen LogP) is 2.80. The maximum absolute atomic E-state index is 12.6. The van der Waals surface area contributed by atoms with Gasteiger partial charge < -0.3 is 5.73 Å². The van der Waals surface area contributed by atoms with Gasteiger partial charge in [0.15, 0.2) is 0 Å². The van der Waals surface area contributed by atoms with Crippen LogP contribution in [0.5, 0.6) is 0 Å². The lowest BCUT2D eigenvalue weighted by atomic mass is 9.95. The smallest absolute Gasteiger partial charge is 0.259 e. The third-order valence-corrected chi connectivity index (χ3v) is 3.86. The highest BCUT2D eigenvalue weighted by Crippen LogP contribution is 2.49. The standard InChI is InChI=1S/C14H14ClN3O/c1-9-8-12(16)18(17-9)13(19)14(6-7-14)10-2-4-11(15)5-3-10/h2-5,8H,6-7,16H2,1H3. The average Bonchev–Trinajstić information content (AvgIpc) is 3.11. The Morgan fingerprint density at radius 2 is 2.00 bits per heavy atom. The van der Waals surface area contributed by atoms with E-state index in [1.54, 1.807) is 6.07 Å². The van der Waals surface area contributed by atoms with Gasteiger partial charge in [-0.25, -0.2) is 0 Å². The molecule has 4 nitrogen and oxygen atoms in total. The molecular formula is C14H14ClN3O. The van der Waals surface area contributed by atoms with Gasteiger partial charge in [0.05, 0.1) is 11.1 Å². The van der Waals surface area contributed by atoms with E-state index in [4.69, 9.17) is 17.3 Å². The summed E-state index contributed by atoms with van der Waals surface area (Å²) < 4.78 is 1.32. The molecule has 0 spiro atoms. The van der Waals surface area contributed by atoms with E-state index in [-0.39, 0.29) is 5.91 Å². The minimum atomic E-state index is -0.475. The van der Waals surface area contributed by atoms with Crippen LogP contribution in [0.1, 0.15) is 28.9 Å². The van der Waals surface area contributed by atoms with Gasteiger partial charge in [0.2, 0.25) is 0 Å². The molecule has 1 saturated carbocycles. The summed E-state index contributed by atoms with van der Waals surface area (Å²) in [5.74, 6) is 0.336. The maximum atomic E-state index is 12.6. The number of hydrogen-bond acceptors (Lipinski definition) is 3. The maximum Gasteiger partial charge on any atom is 0.259 e. The van der Waals surface area contributed by atoms with Crippen molar-refractivity contribution in [1.29, 1.82) is 0 Å². The molecule has 19 heavy (non-hydrogen) atoms. The molecule has 3 rings (SSSR count). The van der Waals surface area contributed by atoms with Crippen molar-refractivity contribution < 1.29 is 4.79 Å². The summed E-state index contributed by atoms with van der Waals surface area (Å²) in [5.41, 5.74) is 7.08. The zero-order chi connectivity index (χ0) is 13.6. The number of nitrogens with zero attached hydrogens (tertiary/aromatic N) is 2. The van der Waals surface area contributed by atoms with E-state index >= 15 is 0 Å². The lowest BCUT2D eigenvalue weighted by molar-refractivity contribution is 0.0848. The van der Waals surface area contributed by atoms with Gasteiger partial charge in [0, 0.05) is 11.1 Å². The Morgan fingerprint density at radius 3 is 2.47 bits per heavy atom. The fourth-order valence-corrected chi connectivity index (χ4v) is 2.53. The van der Waals surface area contributed by atoms with Crippen LogP contribution in [-0.4, -0.2) is 15.7 Å². The molecule has 2 N–H and O–H groups in total. The summed E-state index contributed by atoms with van der Waals surface area (Å²) in [6.07, 6.45) is 1.65. The number of benzene rings is 1. The van der Waals surface area contributed by atoms with Crippen molar-refractivity contribution in [2.45, 2.75) is 25.2 Å². The SMILES string of the molecule is Cc1cc(N)n(C(=O)C2(c3ccc(Cl)cc3)CC2)n1. The Kier molecular flexibility index (Phi) is 2.64. The quantitative estimate of drug-likeness (QED) is 0.917. The monoisotopic (exact) mass is 275 g/mol. The van der Waals surface area contributed by atoms with Crippen molar-refractivity contribution in [3.8, 4) is 0 Å². The third kappa shape index (κ3) is 1.92. The highest BCUT2D eigenvalue weighted by atomic mass is 35.5. The van der Waals surface area contributed by atoms with Gasteiger partial charge in [-0.05, 0) is 37.5 Å². The van der Waals surface area contributed by atoms with Crippen molar-refractivity contribution in [2.75, 3.05) is 5.73 Å². The molecule has 1 fully saturated rings. The molecule has 1 aromatic heterocycles. The van der Waals surface area contributed by atoms with Crippen LogP contribution in [-0.2, 0) is 5.41 Å². The minimum absolute atomic E-state index is 0.0552. The molecule has 0 atom stereocenters. The molecule has 0 saturated heterocycles. The second-order valence-electron chi connectivity index (χ2n) is 5.02. The first kappa shape index (κ1) is 12.2. The van der Waals surface area contributed by atoms with E-state index < -0.39 is 5.41 Å². The molecule has 1 heterocycles. The number of halogens is 1. The lowest BCUT2D eigenvalue weighted by Crippen LogP contribution is -2.28. The number of aromatic nitrogens is 2. The van der Waals surface area contributed by atoms with Crippen molar-refractivity contribution in [1.82, 2.24) is 9.78 Å². The molecule has 0 amide bonds. The average molecular weight is 276 g/mol. The number of anilines is 1. The number of aryl methyl sites for hydroxylation is 1. The Labute approximate surface area is 116 Å². The number of nitrogen functional groups attached to an aromatic ring is 1.